The third-order valence-corrected chi connectivity index (χ3v) is 5.79. The monoisotopic (exact) mass is 270 g/mol. The van der Waals surface area contributed by atoms with Crippen LogP contribution in [0.25, 0.3) is 0 Å². The molecule has 1 aromatic heterocycles. The Hall–Kier alpha value is -0.0600. The van der Waals surface area contributed by atoms with Gasteiger partial charge in [-0.3, -0.25) is 0 Å². The van der Waals surface area contributed by atoms with Crippen molar-refractivity contribution in [2.75, 3.05) is 12.8 Å². The first-order valence-corrected chi connectivity index (χ1v) is 8.41. The van der Waals surface area contributed by atoms with Crippen molar-refractivity contribution in [2.24, 2.45) is 5.92 Å². The molecule has 1 heterocycles. The van der Waals surface area contributed by atoms with Crippen LogP contribution in [0.4, 0.5) is 0 Å². The third-order valence-electron chi connectivity index (χ3n) is 3.02. The van der Waals surface area contributed by atoms with Crippen molar-refractivity contribution in [3.8, 4) is 0 Å². The molecule has 0 saturated heterocycles. The number of thioether (sulfide) groups is 1. The molecule has 1 aromatic rings. The smallest absolute Gasteiger partial charge is 0.103 e. The minimum atomic E-state index is 0.556. The average molecular weight is 270 g/mol. The molecule has 0 spiro atoms. The van der Waals surface area contributed by atoms with Crippen LogP contribution < -0.4 is 5.32 Å². The molecule has 0 saturated carbocycles. The van der Waals surface area contributed by atoms with Crippen LogP contribution in [0.5, 0.6) is 0 Å². The molecule has 0 radical (unpaired) electrons. The topological polar surface area (TPSA) is 24.9 Å². The molecule has 0 bridgehead atoms. The molecule has 0 aromatic carbocycles. The van der Waals surface area contributed by atoms with Crippen molar-refractivity contribution < 1.29 is 0 Å². The van der Waals surface area contributed by atoms with E-state index in [9.17, 15) is 0 Å². The van der Waals surface area contributed by atoms with E-state index in [2.05, 4.69) is 26.2 Å². The second-order valence-electron chi connectivity index (χ2n) is 5.06. The van der Waals surface area contributed by atoms with Gasteiger partial charge in [0.05, 0.1) is 5.69 Å². The van der Waals surface area contributed by atoms with E-state index in [1.165, 1.54) is 40.6 Å². The van der Waals surface area contributed by atoms with E-state index in [0.717, 1.165) is 11.7 Å². The van der Waals surface area contributed by atoms with Crippen molar-refractivity contribution in [2.45, 2.75) is 44.9 Å². The lowest BCUT2D eigenvalue weighted by Gasteiger charge is -2.20. The highest BCUT2D eigenvalue weighted by molar-refractivity contribution is 7.98. The summed E-state index contributed by atoms with van der Waals surface area (Å²) in [4.78, 5) is 6.30. The fraction of sp³-hybridized carbons (Fsp3) is 0.769. The Balaban J connectivity index is 1.98. The molecular weight excluding hydrogens is 248 g/mol. The van der Waals surface area contributed by atoms with E-state index in [1.54, 1.807) is 0 Å². The predicted molar refractivity (Wildman–Crippen MR) is 77.9 cm³/mol. The number of aryl methyl sites for hydroxylation is 1. The van der Waals surface area contributed by atoms with Crippen molar-refractivity contribution in [1.82, 2.24) is 10.3 Å². The molecule has 4 heteroatoms. The van der Waals surface area contributed by atoms with Crippen LogP contribution in [0.2, 0.25) is 0 Å². The highest BCUT2D eigenvalue weighted by atomic mass is 32.2. The standard InChI is InChI=1S/C13H22N2S2/c1-9(2)7-16-8-12-15-11-6-4-5-10(14-3)13(11)17-12/h9-10,14H,4-8H2,1-3H3. The first kappa shape index (κ1) is 13.4. The van der Waals surface area contributed by atoms with Gasteiger partial charge in [-0.05, 0) is 38.0 Å². The Morgan fingerprint density at radius 2 is 2.35 bits per heavy atom. The van der Waals surface area contributed by atoms with E-state index in [-0.39, 0.29) is 0 Å². The SMILES string of the molecule is CNC1CCCc2nc(CSCC(C)C)sc21. The van der Waals surface area contributed by atoms with Gasteiger partial charge in [-0.1, -0.05) is 13.8 Å². The zero-order valence-electron chi connectivity index (χ0n) is 11.0. The number of hydrogen-bond acceptors (Lipinski definition) is 4. The van der Waals surface area contributed by atoms with Crippen LogP contribution in [0, 0.1) is 5.92 Å². The van der Waals surface area contributed by atoms with Gasteiger partial charge in [-0.15, -0.1) is 11.3 Å². The Morgan fingerprint density at radius 1 is 1.53 bits per heavy atom. The first-order chi connectivity index (χ1) is 8.20. The molecule has 17 heavy (non-hydrogen) atoms. The van der Waals surface area contributed by atoms with Crippen LogP contribution in [0.3, 0.4) is 0 Å². The Morgan fingerprint density at radius 3 is 3.06 bits per heavy atom. The fourth-order valence-electron chi connectivity index (χ4n) is 2.19. The molecule has 96 valence electrons. The zero-order valence-corrected chi connectivity index (χ0v) is 12.6. The molecule has 0 aliphatic heterocycles. The number of fused-ring (bicyclic) bond motifs is 1. The number of aromatic nitrogens is 1. The van der Waals surface area contributed by atoms with Crippen molar-refractivity contribution in [3.63, 3.8) is 0 Å². The quantitative estimate of drug-likeness (QED) is 0.884. The van der Waals surface area contributed by atoms with E-state index < -0.39 is 0 Å². The van der Waals surface area contributed by atoms with Crippen molar-refractivity contribution in [1.29, 1.82) is 0 Å². The van der Waals surface area contributed by atoms with E-state index in [1.807, 2.05) is 23.1 Å². The van der Waals surface area contributed by atoms with Crippen molar-refractivity contribution in [3.05, 3.63) is 15.6 Å². The van der Waals surface area contributed by atoms with Gasteiger partial charge in [-0.2, -0.15) is 11.8 Å². The molecule has 0 amide bonds. The molecule has 2 nitrogen and oxygen atoms in total. The molecule has 2 rings (SSSR count). The Labute approximate surface area is 113 Å². The lowest BCUT2D eigenvalue weighted by Crippen LogP contribution is -2.19. The van der Waals surface area contributed by atoms with E-state index in [0.29, 0.717) is 6.04 Å². The average Bonchev–Trinajstić information content (AvgIpc) is 2.70. The number of nitrogens with zero attached hydrogens (tertiary/aromatic N) is 1. The summed E-state index contributed by atoms with van der Waals surface area (Å²) in [7, 11) is 2.06. The molecule has 1 aliphatic carbocycles. The number of nitrogens with one attached hydrogen (secondary N) is 1. The van der Waals surface area contributed by atoms with Gasteiger partial charge < -0.3 is 5.32 Å². The highest BCUT2D eigenvalue weighted by Crippen LogP contribution is 2.35. The predicted octanol–water partition coefficient (Wildman–Crippen LogP) is 3.63. The third kappa shape index (κ3) is 3.46. The minimum Gasteiger partial charge on any atom is -0.312 e. The number of thiazole rings is 1. The first-order valence-electron chi connectivity index (χ1n) is 6.44. The minimum absolute atomic E-state index is 0.556. The van der Waals surface area contributed by atoms with Crippen LogP contribution in [0.1, 0.15) is 48.3 Å². The normalized spacial score (nSPS) is 19.6. The second kappa shape index (κ2) is 6.21. The molecule has 0 fully saturated rings. The molecule has 1 atom stereocenters. The van der Waals surface area contributed by atoms with Crippen molar-refractivity contribution >= 4 is 23.1 Å². The van der Waals surface area contributed by atoms with Gasteiger partial charge in [0.1, 0.15) is 5.01 Å². The second-order valence-corrected chi connectivity index (χ2v) is 7.21. The Bertz CT molecular complexity index is 360. The van der Waals surface area contributed by atoms with E-state index >= 15 is 0 Å². The summed E-state index contributed by atoms with van der Waals surface area (Å²) in [6.07, 6.45) is 3.73. The highest BCUT2D eigenvalue weighted by Gasteiger charge is 2.23. The lowest BCUT2D eigenvalue weighted by molar-refractivity contribution is 0.501. The van der Waals surface area contributed by atoms with Crippen LogP contribution in [-0.4, -0.2) is 17.8 Å². The zero-order chi connectivity index (χ0) is 12.3. The maximum atomic E-state index is 4.80. The summed E-state index contributed by atoms with van der Waals surface area (Å²) in [5, 5.41) is 4.73. The number of rotatable bonds is 5. The summed E-state index contributed by atoms with van der Waals surface area (Å²) < 4.78 is 0. The summed E-state index contributed by atoms with van der Waals surface area (Å²) >= 11 is 3.94. The van der Waals surface area contributed by atoms with E-state index in [4.69, 9.17) is 4.98 Å². The van der Waals surface area contributed by atoms with Gasteiger partial charge in [0, 0.05) is 16.7 Å². The van der Waals surface area contributed by atoms with Crippen LogP contribution >= 0.6 is 23.1 Å². The fourth-order valence-corrected chi connectivity index (χ4v) is 4.56. The number of hydrogen-bond donors (Lipinski definition) is 1. The largest absolute Gasteiger partial charge is 0.312 e. The summed E-state index contributed by atoms with van der Waals surface area (Å²) in [6.45, 7) is 4.55. The van der Waals surface area contributed by atoms with Gasteiger partial charge >= 0.3 is 0 Å². The van der Waals surface area contributed by atoms with Gasteiger partial charge in [0.25, 0.3) is 0 Å². The van der Waals surface area contributed by atoms with Gasteiger partial charge in [0.2, 0.25) is 0 Å². The summed E-state index contributed by atoms with van der Waals surface area (Å²) in [5.74, 6) is 3.10. The van der Waals surface area contributed by atoms with Gasteiger partial charge in [-0.25, -0.2) is 4.98 Å². The molecule has 1 unspecified atom stereocenters. The summed E-state index contributed by atoms with van der Waals surface area (Å²) in [5.41, 5.74) is 1.36. The maximum absolute atomic E-state index is 4.80. The molecule has 1 N–H and O–H groups in total. The molecular formula is C13H22N2S2. The van der Waals surface area contributed by atoms with Gasteiger partial charge in [0.15, 0.2) is 0 Å². The van der Waals surface area contributed by atoms with Crippen LogP contribution in [-0.2, 0) is 12.2 Å². The maximum Gasteiger partial charge on any atom is 0.103 e. The lowest BCUT2D eigenvalue weighted by atomic mass is 9.98. The Kier molecular flexibility index (Phi) is 4.88. The molecule has 1 aliphatic rings. The summed E-state index contributed by atoms with van der Waals surface area (Å²) in [6, 6.07) is 0.556. The van der Waals surface area contributed by atoms with Crippen LogP contribution in [0.15, 0.2) is 0 Å².